The fourth-order valence-corrected chi connectivity index (χ4v) is 2.69. The van der Waals surface area contributed by atoms with Gasteiger partial charge in [-0.25, -0.2) is 0 Å². The Balaban J connectivity index is 2.02. The van der Waals surface area contributed by atoms with Crippen molar-refractivity contribution in [2.75, 3.05) is 0 Å². The molecule has 0 fully saturated rings. The summed E-state index contributed by atoms with van der Waals surface area (Å²) in [5.41, 5.74) is 9.58. The van der Waals surface area contributed by atoms with Crippen LogP contribution in [0.5, 0.6) is 0 Å². The number of hydrogen-bond donors (Lipinski definition) is 1. The lowest BCUT2D eigenvalue weighted by atomic mass is 10.1. The SMILES string of the molecule is CC(N)Cc1cn(Cc2ccn(C)n2)c2ccccc12. The summed E-state index contributed by atoms with van der Waals surface area (Å²) < 4.78 is 4.10. The van der Waals surface area contributed by atoms with Crippen molar-refractivity contribution in [3.8, 4) is 0 Å². The van der Waals surface area contributed by atoms with E-state index >= 15 is 0 Å². The van der Waals surface area contributed by atoms with Gasteiger partial charge in [0.05, 0.1) is 12.2 Å². The van der Waals surface area contributed by atoms with Crippen LogP contribution in [0.2, 0.25) is 0 Å². The zero-order valence-electron chi connectivity index (χ0n) is 12.0. The van der Waals surface area contributed by atoms with Gasteiger partial charge in [-0.15, -0.1) is 0 Å². The molecule has 0 spiro atoms. The third kappa shape index (κ3) is 2.47. The number of fused-ring (bicyclic) bond motifs is 1. The quantitative estimate of drug-likeness (QED) is 0.789. The van der Waals surface area contributed by atoms with Gasteiger partial charge in [0.15, 0.2) is 0 Å². The second-order valence-corrected chi connectivity index (χ2v) is 5.46. The van der Waals surface area contributed by atoms with Crippen LogP contribution in [-0.4, -0.2) is 20.4 Å². The van der Waals surface area contributed by atoms with Crippen LogP contribution in [0.1, 0.15) is 18.2 Å². The Morgan fingerprint density at radius 1 is 1.25 bits per heavy atom. The molecule has 4 heteroatoms. The molecule has 0 aliphatic rings. The summed E-state index contributed by atoms with van der Waals surface area (Å²) in [5.74, 6) is 0. The molecule has 20 heavy (non-hydrogen) atoms. The first kappa shape index (κ1) is 12.9. The zero-order chi connectivity index (χ0) is 14.1. The molecule has 0 radical (unpaired) electrons. The maximum atomic E-state index is 5.96. The van der Waals surface area contributed by atoms with Gasteiger partial charge in [0.1, 0.15) is 0 Å². The standard InChI is InChI=1S/C16H20N4/c1-12(17)9-13-10-20(11-14-7-8-19(2)18-14)16-6-4-3-5-15(13)16/h3-8,10,12H,9,11,17H2,1-2H3. The molecule has 2 aromatic heterocycles. The van der Waals surface area contributed by atoms with Crippen LogP contribution in [0.3, 0.4) is 0 Å². The zero-order valence-corrected chi connectivity index (χ0v) is 12.0. The molecule has 0 aliphatic heterocycles. The average Bonchev–Trinajstić information content (AvgIpc) is 2.95. The lowest BCUT2D eigenvalue weighted by Crippen LogP contribution is -2.17. The van der Waals surface area contributed by atoms with Gasteiger partial charge in [0.25, 0.3) is 0 Å². The molecule has 2 heterocycles. The van der Waals surface area contributed by atoms with Crippen LogP contribution >= 0.6 is 0 Å². The molecule has 0 aliphatic carbocycles. The smallest absolute Gasteiger partial charge is 0.0821 e. The molecule has 3 rings (SSSR count). The van der Waals surface area contributed by atoms with Gasteiger partial charge >= 0.3 is 0 Å². The number of benzene rings is 1. The van der Waals surface area contributed by atoms with Gasteiger partial charge in [-0.05, 0) is 31.0 Å². The predicted molar refractivity (Wildman–Crippen MR) is 81.6 cm³/mol. The van der Waals surface area contributed by atoms with Crippen molar-refractivity contribution in [3.05, 3.63) is 54.0 Å². The summed E-state index contributed by atoms with van der Waals surface area (Å²) in [6.45, 7) is 2.84. The molecule has 1 aromatic carbocycles. The van der Waals surface area contributed by atoms with E-state index in [-0.39, 0.29) is 6.04 Å². The van der Waals surface area contributed by atoms with Gasteiger partial charge in [-0.1, -0.05) is 18.2 Å². The third-order valence-corrected chi connectivity index (χ3v) is 3.51. The highest BCUT2D eigenvalue weighted by atomic mass is 15.3. The third-order valence-electron chi connectivity index (χ3n) is 3.51. The van der Waals surface area contributed by atoms with Gasteiger partial charge in [0, 0.05) is 36.4 Å². The van der Waals surface area contributed by atoms with Gasteiger partial charge < -0.3 is 10.3 Å². The van der Waals surface area contributed by atoms with Crippen LogP contribution < -0.4 is 5.73 Å². The maximum Gasteiger partial charge on any atom is 0.0821 e. The largest absolute Gasteiger partial charge is 0.341 e. The normalized spacial score (nSPS) is 12.9. The van der Waals surface area contributed by atoms with Crippen LogP contribution in [-0.2, 0) is 20.0 Å². The number of para-hydroxylation sites is 1. The number of rotatable bonds is 4. The van der Waals surface area contributed by atoms with E-state index < -0.39 is 0 Å². The monoisotopic (exact) mass is 268 g/mol. The first-order valence-electron chi connectivity index (χ1n) is 6.94. The highest BCUT2D eigenvalue weighted by molar-refractivity contribution is 5.84. The fourth-order valence-electron chi connectivity index (χ4n) is 2.69. The highest BCUT2D eigenvalue weighted by Gasteiger charge is 2.10. The number of aryl methyl sites for hydroxylation is 1. The minimum absolute atomic E-state index is 0.170. The Morgan fingerprint density at radius 3 is 2.75 bits per heavy atom. The number of nitrogens with two attached hydrogens (primary N) is 1. The molecule has 104 valence electrons. The van der Waals surface area contributed by atoms with Crippen molar-refractivity contribution >= 4 is 10.9 Å². The summed E-state index contributed by atoms with van der Waals surface area (Å²) in [6.07, 6.45) is 5.09. The molecule has 0 saturated heterocycles. The Hall–Kier alpha value is -2.07. The molecular weight excluding hydrogens is 248 g/mol. The summed E-state index contributed by atoms with van der Waals surface area (Å²) >= 11 is 0. The molecule has 1 unspecified atom stereocenters. The van der Waals surface area contributed by atoms with E-state index in [0.29, 0.717) is 0 Å². The van der Waals surface area contributed by atoms with Crippen molar-refractivity contribution in [1.82, 2.24) is 14.3 Å². The van der Waals surface area contributed by atoms with Crippen molar-refractivity contribution in [3.63, 3.8) is 0 Å². The minimum Gasteiger partial charge on any atom is -0.341 e. The Kier molecular flexibility index (Phi) is 3.32. The van der Waals surface area contributed by atoms with Gasteiger partial charge in [-0.2, -0.15) is 5.10 Å². The van der Waals surface area contributed by atoms with Crippen LogP contribution in [0, 0.1) is 0 Å². The molecule has 0 saturated carbocycles. The van der Waals surface area contributed by atoms with Crippen molar-refractivity contribution < 1.29 is 0 Å². The molecule has 4 nitrogen and oxygen atoms in total. The summed E-state index contributed by atoms with van der Waals surface area (Å²) in [4.78, 5) is 0. The molecule has 3 aromatic rings. The van der Waals surface area contributed by atoms with Crippen molar-refractivity contribution in [2.45, 2.75) is 25.9 Å². The Labute approximate surface area is 118 Å². The molecular formula is C16H20N4. The molecule has 1 atom stereocenters. The highest BCUT2D eigenvalue weighted by Crippen LogP contribution is 2.23. The number of aromatic nitrogens is 3. The molecule has 0 amide bonds. The summed E-state index contributed by atoms with van der Waals surface area (Å²) in [7, 11) is 1.94. The van der Waals surface area contributed by atoms with Crippen LogP contribution in [0.15, 0.2) is 42.7 Å². The van der Waals surface area contributed by atoms with E-state index in [1.54, 1.807) is 0 Å². The van der Waals surface area contributed by atoms with Crippen molar-refractivity contribution in [1.29, 1.82) is 0 Å². The molecule has 2 N–H and O–H groups in total. The van der Waals surface area contributed by atoms with E-state index in [1.807, 2.05) is 24.9 Å². The van der Waals surface area contributed by atoms with E-state index in [9.17, 15) is 0 Å². The first-order valence-corrected chi connectivity index (χ1v) is 6.94. The average molecular weight is 268 g/mol. The summed E-state index contributed by atoms with van der Waals surface area (Å²) in [6, 6.07) is 10.7. The predicted octanol–water partition coefficient (Wildman–Crippen LogP) is 2.31. The number of hydrogen-bond acceptors (Lipinski definition) is 2. The van der Waals surface area contributed by atoms with E-state index in [1.165, 1.54) is 16.5 Å². The van der Waals surface area contributed by atoms with E-state index in [2.05, 4.69) is 46.2 Å². The number of nitrogens with zero attached hydrogens (tertiary/aromatic N) is 3. The second kappa shape index (κ2) is 5.13. The van der Waals surface area contributed by atoms with Crippen LogP contribution in [0.25, 0.3) is 10.9 Å². The van der Waals surface area contributed by atoms with E-state index in [4.69, 9.17) is 5.73 Å². The van der Waals surface area contributed by atoms with E-state index in [0.717, 1.165) is 18.7 Å². The summed E-state index contributed by atoms with van der Waals surface area (Å²) in [5, 5.41) is 5.75. The second-order valence-electron chi connectivity index (χ2n) is 5.46. The maximum absolute atomic E-state index is 5.96. The van der Waals surface area contributed by atoms with Gasteiger partial charge in [-0.3, -0.25) is 4.68 Å². The first-order chi connectivity index (χ1) is 9.63. The lowest BCUT2D eigenvalue weighted by Gasteiger charge is -2.02. The molecule has 0 bridgehead atoms. The minimum atomic E-state index is 0.170. The van der Waals surface area contributed by atoms with Crippen molar-refractivity contribution in [2.24, 2.45) is 12.8 Å². The topological polar surface area (TPSA) is 48.8 Å². The van der Waals surface area contributed by atoms with Crippen LogP contribution in [0.4, 0.5) is 0 Å². The fraction of sp³-hybridized carbons (Fsp3) is 0.312. The lowest BCUT2D eigenvalue weighted by molar-refractivity contribution is 0.710. The Morgan fingerprint density at radius 2 is 2.05 bits per heavy atom. The Bertz CT molecular complexity index is 721. The van der Waals surface area contributed by atoms with Gasteiger partial charge in [0.2, 0.25) is 0 Å².